The van der Waals surface area contributed by atoms with Gasteiger partial charge in [-0.25, -0.2) is 0 Å². The summed E-state index contributed by atoms with van der Waals surface area (Å²) in [6.45, 7) is -2.26. The maximum atomic E-state index is 11.8. The molecule has 1 aromatic rings. The molecule has 0 fully saturated rings. The van der Waals surface area contributed by atoms with Crippen LogP contribution in [0.25, 0.3) is 0 Å². The Balaban J connectivity index is 2.50. The molecule has 1 amide bonds. The van der Waals surface area contributed by atoms with Crippen LogP contribution >= 0.6 is 15.9 Å². The van der Waals surface area contributed by atoms with Crippen LogP contribution in [0.5, 0.6) is 5.75 Å². The molecule has 4 nitrogen and oxygen atoms in total. The van der Waals surface area contributed by atoms with Crippen LogP contribution in [-0.2, 0) is 11.4 Å². The highest BCUT2D eigenvalue weighted by Crippen LogP contribution is 2.23. The molecule has 1 rings (SSSR count). The van der Waals surface area contributed by atoms with Gasteiger partial charge < -0.3 is 15.2 Å². The van der Waals surface area contributed by atoms with Crippen LogP contribution in [0.3, 0.4) is 0 Å². The summed E-state index contributed by atoms with van der Waals surface area (Å²) >= 11 is 3.19. The van der Waals surface area contributed by atoms with E-state index in [1.807, 2.05) is 0 Å². The average Bonchev–Trinajstić information content (AvgIpc) is 2.33. The number of benzene rings is 1. The maximum absolute atomic E-state index is 11.8. The second-order valence-corrected chi connectivity index (χ2v) is 4.51. The van der Waals surface area contributed by atoms with Crippen molar-refractivity contribution in [2.24, 2.45) is 0 Å². The molecule has 0 radical (unpaired) electrons. The number of hydrogen-bond acceptors (Lipinski definition) is 3. The first-order valence-electron chi connectivity index (χ1n) is 5.17. The van der Waals surface area contributed by atoms with Gasteiger partial charge in [0.25, 0.3) is 5.91 Å². The summed E-state index contributed by atoms with van der Waals surface area (Å²) in [6, 6.07) is 4.72. The number of alkyl halides is 3. The fourth-order valence-electron chi connectivity index (χ4n) is 1.21. The van der Waals surface area contributed by atoms with Crippen molar-refractivity contribution in [3.63, 3.8) is 0 Å². The van der Waals surface area contributed by atoms with E-state index in [0.717, 1.165) is 0 Å². The first-order valence-corrected chi connectivity index (χ1v) is 5.96. The van der Waals surface area contributed by atoms with Gasteiger partial charge in [-0.1, -0.05) is 15.9 Å². The van der Waals surface area contributed by atoms with E-state index in [9.17, 15) is 18.0 Å². The monoisotopic (exact) mass is 341 g/mol. The van der Waals surface area contributed by atoms with Gasteiger partial charge in [-0.05, 0) is 18.2 Å². The number of nitrogens with one attached hydrogen (secondary N) is 1. The van der Waals surface area contributed by atoms with Gasteiger partial charge in [0.2, 0.25) is 0 Å². The number of hydrogen-bond donors (Lipinski definition) is 2. The summed E-state index contributed by atoms with van der Waals surface area (Å²) < 4.78 is 41.3. The molecule has 0 saturated carbocycles. The van der Waals surface area contributed by atoms with Crippen molar-refractivity contribution in [1.29, 1.82) is 0 Å². The summed E-state index contributed by atoms with van der Waals surface area (Å²) in [7, 11) is 0. The fourth-order valence-corrected chi connectivity index (χ4v) is 1.61. The van der Waals surface area contributed by atoms with Crippen molar-refractivity contribution >= 4 is 21.8 Å². The van der Waals surface area contributed by atoms with Gasteiger partial charge >= 0.3 is 6.18 Å². The fraction of sp³-hybridized carbons (Fsp3) is 0.364. The van der Waals surface area contributed by atoms with Gasteiger partial charge in [-0.2, -0.15) is 13.2 Å². The lowest BCUT2D eigenvalue weighted by Gasteiger charge is -2.11. The summed E-state index contributed by atoms with van der Waals surface area (Å²) in [6.07, 6.45) is -4.45. The highest BCUT2D eigenvalue weighted by atomic mass is 79.9. The lowest BCUT2D eigenvalue weighted by molar-refractivity contribution is -0.139. The van der Waals surface area contributed by atoms with Crippen molar-refractivity contribution < 1.29 is 27.8 Å². The molecule has 0 spiro atoms. The molecule has 19 heavy (non-hydrogen) atoms. The zero-order valence-corrected chi connectivity index (χ0v) is 11.2. The predicted molar refractivity (Wildman–Crippen MR) is 64.6 cm³/mol. The average molecular weight is 342 g/mol. The molecule has 0 aromatic heterocycles. The van der Waals surface area contributed by atoms with Crippen LogP contribution in [0.1, 0.15) is 5.56 Å². The van der Waals surface area contributed by atoms with Crippen LogP contribution < -0.4 is 10.1 Å². The number of carbonyl (C=O) groups is 1. The Labute approximate surface area is 115 Å². The molecule has 0 atom stereocenters. The molecule has 2 N–H and O–H groups in total. The number of halogens is 4. The van der Waals surface area contributed by atoms with Crippen molar-refractivity contribution in [2.75, 3.05) is 13.2 Å². The van der Waals surface area contributed by atoms with Gasteiger partial charge in [-0.15, -0.1) is 0 Å². The van der Waals surface area contributed by atoms with Gasteiger partial charge in [-0.3, -0.25) is 4.79 Å². The molecule has 0 heterocycles. The first-order chi connectivity index (χ1) is 8.81. The molecular weight excluding hydrogens is 331 g/mol. The van der Waals surface area contributed by atoms with E-state index in [4.69, 9.17) is 9.84 Å². The third-order valence-corrected chi connectivity index (χ3v) is 2.53. The standard InChI is InChI=1S/C11H11BrF3NO3/c12-8-1-2-9(7(3-8)4-17)19-5-10(18)16-6-11(13,14)15/h1-3,17H,4-6H2,(H,16,18). The largest absolute Gasteiger partial charge is 0.483 e. The van der Waals surface area contributed by atoms with Crippen molar-refractivity contribution in [2.45, 2.75) is 12.8 Å². The van der Waals surface area contributed by atoms with E-state index in [2.05, 4.69) is 15.9 Å². The summed E-state index contributed by atoms with van der Waals surface area (Å²) in [4.78, 5) is 11.1. The van der Waals surface area contributed by atoms with Crippen molar-refractivity contribution in [3.05, 3.63) is 28.2 Å². The topological polar surface area (TPSA) is 58.6 Å². The third-order valence-electron chi connectivity index (χ3n) is 2.04. The van der Waals surface area contributed by atoms with E-state index >= 15 is 0 Å². The molecule has 0 aliphatic rings. The van der Waals surface area contributed by atoms with E-state index in [1.54, 1.807) is 17.4 Å². The predicted octanol–water partition coefficient (Wildman–Crippen LogP) is 2.00. The number of aliphatic hydroxyl groups is 1. The zero-order valence-electron chi connectivity index (χ0n) is 9.63. The number of rotatable bonds is 5. The molecule has 0 aliphatic carbocycles. The minimum absolute atomic E-state index is 0.243. The third kappa shape index (κ3) is 5.93. The highest BCUT2D eigenvalue weighted by Gasteiger charge is 2.27. The van der Waals surface area contributed by atoms with Crippen LogP contribution in [-0.4, -0.2) is 30.3 Å². The van der Waals surface area contributed by atoms with Crippen LogP contribution in [0.4, 0.5) is 13.2 Å². The number of amides is 1. The van der Waals surface area contributed by atoms with Crippen LogP contribution in [0.15, 0.2) is 22.7 Å². The van der Waals surface area contributed by atoms with E-state index in [1.165, 1.54) is 6.07 Å². The van der Waals surface area contributed by atoms with Gasteiger partial charge in [0.05, 0.1) is 6.61 Å². The molecule has 106 valence electrons. The lowest BCUT2D eigenvalue weighted by Crippen LogP contribution is -2.36. The highest BCUT2D eigenvalue weighted by molar-refractivity contribution is 9.10. The molecule has 0 aliphatic heterocycles. The number of aliphatic hydroxyl groups excluding tert-OH is 1. The Morgan fingerprint density at radius 1 is 1.42 bits per heavy atom. The summed E-state index contributed by atoms with van der Waals surface area (Å²) in [5.41, 5.74) is 0.429. The van der Waals surface area contributed by atoms with E-state index in [0.29, 0.717) is 10.0 Å². The van der Waals surface area contributed by atoms with Gasteiger partial charge in [0.15, 0.2) is 6.61 Å². The Kier molecular flexibility index (Phi) is 5.61. The molecule has 0 saturated heterocycles. The number of carbonyl (C=O) groups excluding carboxylic acids is 1. The van der Waals surface area contributed by atoms with E-state index in [-0.39, 0.29) is 12.4 Å². The van der Waals surface area contributed by atoms with Crippen LogP contribution in [0.2, 0.25) is 0 Å². The van der Waals surface area contributed by atoms with Crippen LogP contribution in [0, 0.1) is 0 Å². The second-order valence-electron chi connectivity index (χ2n) is 3.59. The molecule has 0 bridgehead atoms. The maximum Gasteiger partial charge on any atom is 0.405 e. The Hall–Kier alpha value is -1.28. The number of ether oxygens (including phenoxy) is 1. The molecule has 0 unspecified atom stereocenters. The summed E-state index contributed by atoms with van der Waals surface area (Å²) in [5.74, 6) is -0.642. The minimum Gasteiger partial charge on any atom is -0.483 e. The quantitative estimate of drug-likeness (QED) is 0.861. The smallest absolute Gasteiger partial charge is 0.405 e. The first kappa shape index (κ1) is 15.8. The minimum atomic E-state index is -4.45. The summed E-state index contributed by atoms with van der Waals surface area (Å²) in [5, 5.41) is 10.7. The zero-order chi connectivity index (χ0) is 14.5. The van der Waals surface area contributed by atoms with Gasteiger partial charge in [0.1, 0.15) is 12.3 Å². The Morgan fingerprint density at radius 3 is 2.68 bits per heavy atom. The molecule has 8 heteroatoms. The van der Waals surface area contributed by atoms with E-state index < -0.39 is 25.2 Å². The SMILES string of the molecule is O=C(COc1ccc(Br)cc1CO)NCC(F)(F)F. The Morgan fingerprint density at radius 2 is 2.11 bits per heavy atom. The molecular formula is C11H11BrF3NO3. The second kappa shape index (κ2) is 6.76. The van der Waals surface area contributed by atoms with Crippen molar-refractivity contribution in [3.8, 4) is 5.75 Å². The lowest BCUT2D eigenvalue weighted by atomic mass is 10.2. The molecule has 1 aromatic carbocycles. The Bertz CT molecular complexity index is 451. The normalized spacial score (nSPS) is 11.2. The van der Waals surface area contributed by atoms with Crippen molar-refractivity contribution in [1.82, 2.24) is 5.32 Å². The van der Waals surface area contributed by atoms with Gasteiger partial charge in [0, 0.05) is 10.0 Å².